The molecule has 4 rings (SSSR count). The third-order valence-corrected chi connectivity index (χ3v) is 6.80. The Balaban J connectivity index is 1.58. The molecule has 1 aliphatic carbocycles. The number of hydrogen-bond donors (Lipinski definition) is 0. The second kappa shape index (κ2) is 6.65. The first-order valence-electron chi connectivity index (χ1n) is 8.04. The molecule has 3 aromatic rings. The average molecular weight is 400 g/mol. The van der Waals surface area contributed by atoms with E-state index in [0.29, 0.717) is 16.3 Å². The van der Waals surface area contributed by atoms with E-state index in [-0.39, 0.29) is 11.6 Å². The van der Waals surface area contributed by atoms with Crippen molar-refractivity contribution in [1.29, 1.82) is 0 Å². The third kappa shape index (κ3) is 3.11. The van der Waals surface area contributed by atoms with Crippen molar-refractivity contribution >= 4 is 56.5 Å². The lowest BCUT2D eigenvalue weighted by Crippen LogP contribution is -2.33. The summed E-state index contributed by atoms with van der Waals surface area (Å²) in [4.78, 5) is 30.6. The number of carbonyl (C=O) groups excluding carboxylic acids is 2. The Labute approximate surface area is 164 Å². The smallest absolute Gasteiger partial charge is 0.183 e. The molecule has 1 aliphatic rings. The predicted molar refractivity (Wildman–Crippen MR) is 107 cm³/mol. The lowest BCUT2D eigenvalue weighted by Gasteiger charge is -2.21. The zero-order chi connectivity index (χ0) is 18.3. The van der Waals surface area contributed by atoms with Crippen molar-refractivity contribution in [2.75, 3.05) is 0 Å². The lowest BCUT2D eigenvalue weighted by molar-refractivity contribution is -0.132. The van der Waals surface area contributed by atoms with Gasteiger partial charge in [-0.1, -0.05) is 47.6 Å². The quantitative estimate of drug-likeness (QED) is 0.556. The summed E-state index contributed by atoms with van der Waals surface area (Å²) in [5.41, 5.74) is 0.698. The molecule has 1 heterocycles. The highest BCUT2D eigenvalue weighted by Crippen LogP contribution is 2.43. The number of nitrogens with zero attached hydrogens (tertiary/aromatic N) is 1. The van der Waals surface area contributed by atoms with Crippen LogP contribution in [0.15, 0.2) is 63.9 Å². The molecule has 0 radical (unpaired) electrons. The number of thiazole rings is 1. The highest BCUT2D eigenvalue weighted by atomic mass is 35.5. The van der Waals surface area contributed by atoms with E-state index >= 15 is 0 Å². The van der Waals surface area contributed by atoms with Gasteiger partial charge < -0.3 is 0 Å². The van der Waals surface area contributed by atoms with Crippen LogP contribution in [0.2, 0.25) is 5.02 Å². The number of ketones is 2. The van der Waals surface area contributed by atoms with E-state index in [4.69, 9.17) is 11.6 Å². The second-order valence-electron chi connectivity index (χ2n) is 6.39. The number of rotatable bonds is 4. The topological polar surface area (TPSA) is 47.0 Å². The van der Waals surface area contributed by atoms with Crippen LogP contribution in [0.25, 0.3) is 10.2 Å². The first kappa shape index (κ1) is 17.5. The van der Waals surface area contributed by atoms with E-state index in [1.165, 1.54) is 29.2 Å². The Kier molecular flexibility index (Phi) is 4.47. The summed E-state index contributed by atoms with van der Waals surface area (Å²) in [7, 11) is 0. The molecule has 0 saturated heterocycles. The zero-order valence-electron chi connectivity index (χ0n) is 13.9. The summed E-state index contributed by atoms with van der Waals surface area (Å²) in [5, 5.41) is 0.598. The molecule has 1 atom stereocenters. The number of Topliss-reactive ketones (excluding diaryl/α,β-unsaturated/α-hetero) is 1. The molecule has 0 N–H and O–H groups in total. The van der Waals surface area contributed by atoms with Crippen LogP contribution in [-0.4, -0.2) is 16.6 Å². The van der Waals surface area contributed by atoms with Gasteiger partial charge in [-0.2, -0.15) is 0 Å². The minimum absolute atomic E-state index is 0.147. The third-order valence-electron chi connectivity index (χ3n) is 4.45. The van der Waals surface area contributed by atoms with Crippen LogP contribution in [0.1, 0.15) is 12.5 Å². The van der Waals surface area contributed by atoms with Gasteiger partial charge in [-0.3, -0.25) is 9.59 Å². The Bertz CT molecular complexity index is 1040. The predicted octanol–water partition coefficient (Wildman–Crippen LogP) is 5.33. The number of allylic oxidation sites excluding steroid dienone is 2. The molecule has 26 heavy (non-hydrogen) atoms. The fourth-order valence-corrected chi connectivity index (χ4v) is 5.45. The molecule has 0 unspecified atom stereocenters. The van der Waals surface area contributed by atoms with E-state index < -0.39 is 5.41 Å². The molecular formula is C20H14ClNO2S2. The van der Waals surface area contributed by atoms with E-state index in [2.05, 4.69) is 4.98 Å². The van der Waals surface area contributed by atoms with Crippen molar-refractivity contribution < 1.29 is 9.59 Å². The fourth-order valence-electron chi connectivity index (χ4n) is 3.01. The maximum absolute atomic E-state index is 13.0. The number of aromatic nitrogens is 1. The highest BCUT2D eigenvalue weighted by molar-refractivity contribution is 8.05. The molecular weight excluding hydrogens is 386 g/mol. The molecule has 1 aromatic heterocycles. The summed E-state index contributed by atoms with van der Waals surface area (Å²) in [6, 6.07) is 15.1. The number of thioether (sulfide) groups is 1. The fraction of sp³-hybridized carbons (Fsp3) is 0.150. The van der Waals surface area contributed by atoms with Gasteiger partial charge in [0, 0.05) is 5.02 Å². The minimum atomic E-state index is -1.08. The molecule has 0 spiro atoms. The zero-order valence-corrected chi connectivity index (χ0v) is 16.3. The van der Waals surface area contributed by atoms with Crippen LogP contribution in [0.4, 0.5) is 0 Å². The number of carbonyl (C=O) groups is 2. The molecule has 0 bridgehead atoms. The van der Waals surface area contributed by atoms with Crippen molar-refractivity contribution in [2.24, 2.45) is 5.41 Å². The van der Waals surface area contributed by atoms with Crippen molar-refractivity contribution in [2.45, 2.75) is 17.7 Å². The Morgan fingerprint density at radius 2 is 1.96 bits per heavy atom. The number of para-hydroxylation sites is 1. The van der Waals surface area contributed by atoms with Gasteiger partial charge in [0.05, 0.1) is 20.5 Å². The van der Waals surface area contributed by atoms with Crippen molar-refractivity contribution in [1.82, 2.24) is 4.98 Å². The van der Waals surface area contributed by atoms with Crippen LogP contribution >= 0.6 is 34.7 Å². The van der Waals surface area contributed by atoms with E-state index in [0.717, 1.165) is 20.1 Å². The van der Waals surface area contributed by atoms with Crippen molar-refractivity contribution in [3.8, 4) is 0 Å². The van der Waals surface area contributed by atoms with Crippen molar-refractivity contribution in [3.63, 3.8) is 0 Å². The van der Waals surface area contributed by atoms with Gasteiger partial charge in [-0.25, -0.2) is 4.98 Å². The Morgan fingerprint density at radius 1 is 1.15 bits per heavy atom. The largest absolute Gasteiger partial charge is 0.294 e. The molecule has 2 aromatic carbocycles. The number of benzene rings is 2. The van der Waals surface area contributed by atoms with Crippen molar-refractivity contribution in [3.05, 3.63) is 70.1 Å². The standard InChI is InChI=1S/C20H14ClNO2S2/c1-20(11-12-5-4-6-13(21)9-12)17(23)10-16(18(20)24)26-19-22-14-7-2-3-8-15(14)25-19/h2-10H,11H2,1H3/t20-/m1/s1. The minimum Gasteiger partial charge on any atom is -0.294 e. The van der Waals surface area contributed by atoms with E-state index in [1.807, 2.05) is 36.4 Å². The van der Waals surface area contributed by atoms with E-state index in [9.17, 15) is 9.59 Å². The van der Waals surface area contributed by atoms with Gasteiger partial charge >= 0.3 is 0 Å². The van der Waals surface area contributed by atoms with Crippen LogP contribution in [-0.2, 0) is 16.0 Å². The highest BCUT2D eigenvalue weighted by Gasteiger charge is 2.46. The Morgan fingerprint density at radius 3 is 2.73 bits per heavy atom. The molecule has 0 saturated carbocycles. The van der Waals surface area contributed by atoms with Crippen LogP contribution in [0.3, 0.4) is 0 Å². The van der Waals surface area contributed by atoms with Crippen LogP contribution in [0.5, 0.6) is 0 Å². The summed E-state index contributed by atoms with van der Waals surface area (Å²) >= 11 is 8.83. The average Bonchev–Trinajstić information content (AvgIpc) is 3.10. The normalized spacial score (nSPS) is 20.0. The Hall–Kier alpha value is -1.95. The number of hydrogen-bond acceptors (Lipinski definition) is 5. The van der Waals surface area contributed by atoms with Crippen LogP contribution < -0.4 is 0 Å². The molecule has 0 amide bonds. The first-order valence-corrected chi connectivity index (χ1v) is 10.1. The summed E-state index contributed by atoms with van der Waals surface area (Å²) in [6.45, 7) is 1.71. The number of fused-ring (bicyclic) bond motifs is 1. The molecule has 3 nitrogen and oxygen atoms in total. The van der Waals surface area contributed by atoms with Gasteiger partial charge in [0.1, 0.15) is 0 Å². The van der Waals surface area contributed by atoms with Gasteiger partial charge in [0.25, 0.3) is 0 Å². The summed E-state index contributed by atoms with van der Waals surface area (Å²) in [6.07, 6.45) is 1.80. The maximum Gasteiger partial charge on any atom is 0.183 e. The molecule has 130 valence electrons. The summed E-state index contributed by atoms with van der Waals surface area (Å²) in [5.74, 6) is -0.308. The number of halogens is 1. The van der Waals surface area contributed by atoms with E-state index in [1.54, 1.807) is 19.1 Å². The van der Waals surface area contributed by atoms with Gasteiger partial charge in [0.2, 0.25) is 0 Å². The second-order valence-corrected chi connectivity index (χ2v) is 9.15. The molecule has 6 heteroatoms. The van der Waals surface area contributed by atoms with Crippen LogP contribution in [0, 0.1) is 5.41 Å². The SMILES string of the molecule is C[C@@]1(Cc2cccc(Cl)c2)C(=O)C=C(Sc2nc3ccccc3s2)C1=O. The summed E-state index contributed by atoms with van der Waals surface area (Å²) < 4.78 is 1.83. The van der Waals surface area contributed by atoms with Gasteiger partial charge in [-0.15, -0.1) is 11.3 Å². The lowest BCUT2D eigenvalue weighted by atomic mass is 9.80. The molecule has 0 aliphatic heterocycles. The van der Waals surface area contributed by atoms with Gasteiger partial charge in [0.15, 0.2) is 15.9 Å². The monoisotopic (exact) mass is 399 g/mol. The van der Waals surface area contributed by atoms with Gasteiger partial charge in [-0.05, 0) is 49.2 Å². The maximum atomic E-state index is 13.0. The molecule has 0 fully saturated rings. The first-order chi connectivity index (χ1) is 12.5.